The second-order valence-corrected chi connectivity index (χ2v) is 6.37. The molecule has 0 aliphatic carbocycles. The molecule has 23 heavy (non-hydrogen) atoms. The van der Waals surface area contributed by atoms with Crippen LogP contribution < -0.4 is 9.46 Å². The number of ether oxygens (including phenoxy) is 2. The molecule has 0 unspecified atom stereocenters. The van der Waals surface area contributed by atoms with E-state index in [1.165, 1.54) is 51.0 Å². The van der Waals surface area contributed by atoms with Crippen LogP contribution in [0.4, 0.5) is 0 Å². The van der Waals surface area contributed by atoms with Crippen LogP contribution in [0.1, 0.15) is 5.69 Å². The number of sulfonamides is 1. The third-order valence-corrected chi connectivity index (χ3v) is 4.62. The number of esters is 1. The van der Waals surface area contributed by atoms with Crippen LogP contribution in [0.3, 0.4) is 0 Å². The van der Waals surface area contributed by atoms with Gasteiger partial charge in [0.1, 0.15) is 11.8 Å². The molecule has 0 radical (unpaired) electrons. The van der Waals surface area contributed by atoms with Crippen molar-refractivity contribution in [2.24, 2.45) is 0 Å². The molecule has 0 fully saturated rings. The summed E-state index contributed by atoms with van der Waals surface area (Å²) in [6.45, 7) is 0. The first-order valence-corrected chi connectivity index (χ1v) is 8.16. The third kappa shape index (κ3) is 4.30. The van der Waals surface area contributed by atoms with Crippen LogP contribution >= 0.6 is 0 Å². The van der Waals surface area contributed by atoms with Gasteiger partial charge in [0, 0.05) is 18.3 Å². The summed E-state index contributed by atoms with van der Waals surface area (Å²) in [4.78, 5) is 18.5. The van der Waals surface area contributed by atoms with Crippen molar-refractivity contribution in [3.63, 3.8) is 0 Å². The molecule has 2 N–H and O–H groups in total. The lowest BCUT2D eigenvalue weighted by Gasteiger charge is -2.16. The lowest BCUT2D eigenvalue weighted by Crippen LogP contribution is -2.43. The maximum atomic E-state index is 12.4. The molecule has 124 valence electrons. The number of nitrogens with zero attached hydrogens (tertiary/aromatic N) is 1. The number of carbonyl (C=O) groups excluding carboxylic acids is 1. The number of aromatic amines is 1. The van der Waals surface area contributed by atoms with E-state index in [0.717, 1.165) is 0 Å². The molecule has 1 atom stereocenters. The zero-order valence-corrected chi connectivity index (χ0v) is 13.5. The Morgan fingerprint density at radius 2 is 2.00 bits per heavy atom. The number of aromatic nitrogens is 2. The van der Waals surface area contributed by atoms with Gasteiger partial charge >= 0.3 is 5.97 Å². The Labute approximate surface area is 133 Å². The van der Waals surface area contributed by atoms with Gasteiger partial charge in [-0.25, -0.2) is 13.4 Å². The molecule has 0 bridgehead atoms. The molecule has 0 aliphatic heterocycles. The number of benzene rings is 1. The monoisotopic (exact) mass is 339 g/mol. The van der Waals surface area contributed by atoms with Crippen molar-refractivity contribution in [2.75, 3.05) is 14.2 Å². The van der Waals surface area contributed by atoms with Crippen LogP contribution in [0.2, 0.25) is 0 Å². The fourth-order valence-corrected chi connectivity index (χ4v) is 3.13. The van der Waals surface area contributed by atoms with Crippen molar-refractivity contribution in [3.8, 4) is 5.75 Å². The van der Waals surface area contributed by atoms with Gasteiger partial charge in [-0.2, -0.15) is 4.72 Å². The Morgan fingerprint density at radius 3 is 2.52 bits per heavy atom. The van der Waals surface area contributed by atoms with Crippen molar-refractivity contribution in [3.05, 3.63) is 42.5 Å². The second-order valence-electron chi connectivity index (χ2n) is 4.65. The predicted molar refractivity (Wildman–Crippen MR) is 81.4 cm³/mol. The fraction of sp³-hybridized carbons (Fsp3) is 0.286. The van der Waals surface area contributed by atoms with Gasteiger partial charge in [0.15, 0.2) is 0 Å². The number of rotatable bonds is 7. The van der Waals surface area contributed by atoms with Crippen molar-refractivity contribution in [2.45, 2.75) is 17.4 Å². The minimum absolute atomic E-state index is 0.0248. The number of hydrogen-bond donors (Lipinski definition) is 2. The van der Waals surface area contributed by atoms with E-state index in [-0.39, 0.29) is 11.3 Å². The summed E-state index contributed by atoms with van der Waals surface area (Å²) in [6.07, 6.45) is 3.06. The molecular formula is C14H17N3O5S. The molecule has 0 spiro atoms. The van der Waals surface area contributed by atoms with E-state index in [1.54, 1.807) is 0 Å². The summed E-state index contributed by atoms with van der Waals surface area (Å²) in [5.41, 5.74) is 0.609. The zero-order valence-electron chi connectivity index (χ0n) is 12.6. The van der Waals surface area contributed by atoms with E-state index < -0.39 is 22.0 Å². The van der Waals surface area contributed by atoms with Gasteiger partial charge in [-0.1, -0.05) is 0 Å². The lowest BCUT2D eigenvalue weighted by molar-refractivity contribution is -0.142. The van der Waals surface area contributed by atoms with Crippen LogP contribution in [-0.2, 0) is 26.0 Å². The molecule has 0 saturated heterocycles. The summed E-state index contributed by atoms with van der Waals surface area (Å²) in [5.74, 6) is -0.150. The Bertz CT molecular complexity index is 741. The van der Waals surface area contributed by atoms with Gasteiger partial charge in [0.05, 0.1) is 25.4 Å². The Balaban J connectivity index is 2.20. The molecular weight excluding hydrogens is 322 g/mol. The SMILES string of the molecule is COC(=O)[C@@H](Cc1cnc[nH]1)NS(=O)(=O)c1ccc(OC)cc1. The first-order valence-electron chi connectivity index (χ1n) is 6.67. The molecule has 0 saturated carbocycles. The summed E-state index contributed by atoms with van der Waals surface area (Å²) in [5, 5.41) is 0. The average Bonchev–Trinajstić information content (AvgIpc) is 3.06. The summed E-state index contributed by atoms with van der Waals surface area (Å²) < 4.78 is 36.8. The third-order valence-electron chi connectivity index (χ3n) is 3.13. The van der Waals surface area contributed by atoms with E-state index in [9.17, 15) is 13.2 Å². The number of carbonyl (C=O) groups is 1. The fourth-order valence-electron chi connectivity index (χ4n) is 1.94. The van der Waals surface area contributed by atoms with Crippen molar-refractivity contribution in [1.29, 1.82) is 0 Å². The van der Waals surface area contributed by atoms with E-state index >= 15 is 0 Å². The van der Waals surface area contributed by atoms with Crippen LogP contribution in [0.25, 0.3) is 0 Å². The Kier molecular flexibility index (Phi) is 5.35. The minimum Gasteiger partial charge on any atom is -0.497 e. The molecule has 1 aromatic carbocycles. The maximum absolute atomic E-state index is 12.4. The van der Waals surface area contributed by atoms with E-state index in [4.69, 9.17) is 4.74 Å². The van der Waals surface area contributed by atoms with Gasteiger partial charge in [-0.05, 0) is 24.3 Å². The van der Waals surface area contributed by atoms with Crippen molar-refractivity contribution < 1.29 is 22.7 Å². The number of hydrogen-bond acceptors (Lipinski definition) is 6. The molecule has 9 heteroatoms. The lowest BCUT2D eigenvalue weighted by atomic mass is 10.2. The van der Waals surface area contributed by atoms with Crippen molar-refractivity contribution >= 4 is 16.0 Å². The molecule has 2 rings (SSSR count). The van der Waals surface area contributed by atoms with E-state index in [1.807, 2.05) is 0 Å². The zero-order chi connectivity index (χ0) is 16.9. The number of imidazole rings is 1. The van der Waals surface area contributed by atoms with Crippen LogP contribution in [0, 0.1) is 0 Å². The average molecular weight is 339 g/mol. The molecule has 1 aromatic heterocycles. The quantitative estimate of drug-likeness (QED) is 0.710. The number of methoxy groups -OCH3 is 2. The Morgan fingerprint density at radius 1 is 1.30 bits per heavy atom. The number of nitrogens with one attached hydrogen (secondary N) is 2. The normalized spacial score (nSPS) is 12.6. The molecule has 0 amide bonds. The van der Waals surface area contributed by atoms with E-state index in [0.29, 0.717) is 11.4 Å². The highest BCUT2D eigenvalue weighted by atomic mass is 32.2. The minimum atomic E-state index is -3.88. The number of H-pyrrole nitrogens is 1. The molecule has 0 aliphatic rings. The summed E-state index contributed by atoms with van der Waals surface area (Å²) >= 11 is 0. The van der Waals surface area contributed by atoms with E-state index in [2.05, 4.69) is 19.4 Å². The smallest absolute Gasteiger partial charge is 0.324 e. The molecule has 1 heterocycles. The maximum Gasteiger partial charge on any atom is 0.324 e. The second kappa shape index (κ2) is 7.25. The van der Waals surface area contributed by atoms with Gasteiger partial charge < -0.3 is 14.5 Å². The molecule has 8 nitrogen and oxygen atoms in total. The first-order chi connectivity index (χ1) is 11.0. The van der Waals surface area contributed by atoms with Gasteiger partial charge in [0.25, 0.3) is 0 Å². The van der Waals surface area contributed by atoms with Gasteiger partial charge in [-0.3, -0.25) is 4.79 Å². The van der Waals surface area contributed by atoms with Gasteiger partial charge in [-0.15, -0.1) is 0 Å². The highest BCUT2D eigenvalue weighted by molar-refractivity contribution is 7.89. The predicted octanol–water partition coefficient (Wildman–Crippen LogP) is 0.481. The Hall–Kier alpha value is -2.39. The first kappa shape index (κ1) is 17.0. The standard InChI is InChI=1S/C14H17N3O5S/c1-21-11-3-5-12(6-4-11)23(19,20)17-13(14(18)22-2)7-10-8-15-9-16-10/h3-6,8-9,13,17H,7H2,1-2H3,(H,15,16)/t13-/m1/s1. The summed E-state index contributed by atoms with van der Waals surface area (Å²) in [6, 6.07) is 4.78. The van der Waals surface area contributed by atoms with Crippen LogP contribution in [0.15, 0.2) is 41.7 Å². The topological polar surface area (TPSA) is 110 Å². The van der Waals surface area contributed by atoms with Gasteiger partial charge in [0.2, 0.25) is 10.0 Å². The molecule has 2 aromatic rings. The largest absolute Gasteiger partial charge is 0.497 e. The van der Waals surface area contributed by atoms with Crippen LogP contribution in [0.5, 0.6) is 5.75 Å². The highest BCUT2D eigenvalue weighted by Gasteiger charge is 2.27. The summed E-state index contributed by atoms with van der Waals surface area (Å²) in [7, 11) is -1.20. The highest BCUT2D eigenvalue weighted by Crippen LogP contribution is 2.16. The van der Waals surface area contributed by atoms with Crippen molar-refractivity contribution in [1.82, 2.24) is 14.7 Å². The van der Waals surface area contributed by atoms with Crippen LogP contribution in [-0.4, -0.2) is 44.6 Å².